The summed E-state index contributed by atoms with van der Waals surface area (Å²) < 4.78 is 2.28. The minimum absolute atomic E-state index is 0. The molecule has 10 aromatic rings. The molecule has 0 unspecified atom stereocenters. The smallest absolute Gasteiger partial charge is 0.235 e. The Labute approximate surface area is 354 Å². The van der Waals surface area contributed by atoms with Crippen molar-refractivity contribution in [2.24, 2.45) is 0 Å². The Morgan fingerprint density at radius 2 is 1.17 bits per heavy atom. The number of nitrogens with zero attached hydrogens (tertiary/aromatic N) is 4. The molecule has 1 aliphatic carbocycles. The fourth-order valence-electron chi connectivity index (χ4n) is 8.57. The first-order chi connectivity index (χ1) is 28.0. The molecule has 4 heterocycles. The summed E-state index contributed by atoms with van der Waals surface area (Å²) in [7, 11) is 0. The van der Waals surface area contributed by atoms with Crippen LogP contribution in [0.5, 0.6) is 0 Å². The van der Waals surface area contributed by atoms with Gasteiger partial charge in [0.05, 0.1) is 22.4 Å². The van der Waals surface area contributed by atoms with E-state index < -0.39 is 0 Å². The zero-order chi connectivity index (χ0) is 38.1. The second kappa shape index (κ2) is 14.3. The van der Waals surface area contributed by atoms with Crippen LogP contribution in [0.3, 0.4) is 0 Å². The third-order valence-corrected chi connectivity index (χ3v) is 12.6. The molecule has 0 saturated heterocycles. The Hall–Kier alpha value is -6.30. The Bertz CT molecular complexity index is 3090. The van der Waals surface area contributed by atoms with Crippen LogP contribution in [0.1, 0.15) is 25.0 Å². The van der Waals surface area contributed by atoms with Gasteiger partial charge >= 0.3 is 0 Å². The molecule has 1 aliphatic rings. The number of thiophene rings is 1. The molecule has 11 rings (SSSR count). The molecule has 58 heavy (non-hydrogen) atoms. The van der Waals surface area contributed by atoms with Crippen LogP contribution in [-0.2, 0) is 25.5 Å². The number of benzene rings is 6. The van der Waals surface area contributed by atoms with Gasteiger partial charge in [-0.15, -0.1) is 41.2 Å². The Morgan fingerprint density at radius 3 is 1.88 bits per heavy atom. The van der Waals surface area contributed by atoms with Gasteiger partial charge in [0, 0.05) is 63.4 Å². The van der Waals surface area contributed by atoms with E-state index in [4.69, 9.17) is 9.97 Å². The van der Waals surface area contributed by atoms with Gasteiger partial charge in [0.2, 0.25) is 5.95 Å². The van der Waals surface area contributed by atoms with Gasteiger partial charge in [0.25, 0.3) is 0 Å². The van der Waals surface area contributed by atoms with Crippen LogP contribution < -0.4 is 0 Å². The van der Waals surface area contributed by atoms with Crippen LogP contribution in [0, 0.1) is 6.07 Å². The summed E-state index contributed by atoms with van der Waals surface area (Å²) in [6, 6.07) is 63.6. The molecule has 0 saturated carbocycles. The van der Waals surface area contributed by atoms with Crippen LogP contribution in [-0.4, -0.2) is 19.5 Å². The van der Waals surface area contributed by atoms with E-state index in [0.717, 1.165) is 50.4 Å². The summed E-state index contributed by atoms with van der Waals surface area (Å²) in [4.78, 5) is 17.6. The van der Waals surface area contributed by atoms with Crippen LogP contribution in [0.4, 0.5) is 0 Å². The molecule has 0 fully saturated rings. The van der Waals surface area contributed by atoms with Gasteiger partial charge in [-0.2, -0.15) is 0 Å². The molecule has 4 nitrogen and oxygen atoms in total. The first kappa shape index (κ1) is 36.1. The van der Waals surface area contributed by atoms with Crippen molar-refractivity contribution >= 4 is 33.1 Å². The van der Waals surface area contributed by atoms with E-state index in [1.807, 2.05) is 42.6 Å². The van der Waals surface area contributed by atoms with E-state index in [1.165, 1.54) is 48.3 Å². The Balaban J connectivity index is 0.00000408. The maximum absolute atomic E-state index is 5.33. The molecule has 6 heteroatoms. The fraction of sp³-hybridized carbons (Fsp3) is 0.0577. The maximum atomic E-state index is 5.33. The number of hydrogen-bond donors (Lipinski definition) is 0. The summed E-state index contributed by atoms with van der Waals surface area (Å²) in [6.07, 6.45) is 1.83. The van der Waals surface area contributed by atoms with Gasteiger partial charge in [0.15, 0.2) is 0 Å². The normalized spacial score (nSPS) is 12.7. The zero-order valence-electron chi connectivity index (χ0n) is 31.8. The molecule has 0 N–H and O–H groups in total. The monoisotopic (exact) mass is 940 g/mol. The number of pyridine rings is 1. The van der Waals surface area contributed by atoms with Crippen molar-refractivity contribution in [3.63, 3.8) is 0 Å². The van der Waals surface area contributed by atoms with Crippen molar-refractivity contribution < 1.29 is 20.1 Å². The number of hydrogen-bond acceptors (Lipinski definition) is 4. The van der Waals surface area contributed by atoms with Gasteiger partial charge in [-0.1, -0.05) is 123 Å². The first-order valence-electron chi connectivity index (χ1n) is 19.3. The average molecular weight is 940 g/mol. The number of rotatable bonds is 6. The Morgan fingerprint density at radius 1 is 0.517 bits per heavy atom. The molecule has 4 aromatic heterocycles. The minimum Gasteiger partial charge on any atom is -0.305 e. The average Bonchev–Trinajstić information content (AvgIpc) is 3.95. The van der Waals surface area contributed by atoms with E-state index >= 15 is 0 Å². The summed E-state index contributed by atoms with van der Waals surface area (Å²) >= 11 is 1.80. The van der Waals surface area contributed by atoms with Crippen molar-refractivity contribution in [2.45, 2.75) is 19.3 Å². The molecule has 0 atom stereocenters. The molecule has 6 aromatic carbocycles. The minimum atomic E-state index is -0.159. The fourth-order valence-corrected chi connectivity index (χ4v) is 9.57. The molecule has 0 aliphatic heterocycles. The van der Waals surface area contributed by atoms with Crippen molar-refractivity contribution in [1.82, 2.24) is 19.5 Å². The van der Waals surface area contributed by atoms with E-state index in [0.29, 0.717) is 5.95 Å². The molecule has 0 spiro atoms. The zero-order valence-corrected chi connectivity index (χ0v) is 35.0. The largest absolute Gasteiger partial charge is 0.305 e. The molecule has 1 radical (unpaired) electrons. The molecule has 0 bridgehead atoms. The van der Waals surface area contributed by atoms with Crippen LogP contribution in [0.15, 0.2) is 176 Å². The van der Waals surface area contributed by atoms with Crippen molar-refractivity contribution in [1.29, 1.82) is 0 Å². The van der Waals surface area contributed by atoms with E-state index in [1.54, 1.807) is 11.3 Å². The standard InChI is InChI=1S/C52H35N4S.Ir/c1-52(2)42-21-10-9-20-38(42)39-30-41-40-29-37(50-26-25-49(57-50)36-19-13-18-35(28-36)44-22-11-12-27-53-44)23-24-47(40)56(48(41)31-43(39)52)51-54-45(33-14-5-3-6-15-33)32-46(55-51)34-16-7-4-8-17-34;/h3-17,19-32H,1-2H3;/q-1;. The molecular formula is C52H35IrN4S-. The summed E-state index contributed by atoms with van der Waals surface area (Å²) in [5, 5.41) is 2.35. The van der Waals surface area contributed by atoms with Crippen molar-refractivity contribution in [3.05, 3.63) is 193 Å². The SMILES string of the molecule is CC1(C)c2ccccc2-c2cc3c4cc(-c5ccc(-c6cc[c-]c(-c7ccccn7)c6)s5)ccc4n(-c4nc(-c5ccccc5)cc(-c5ccccc5)n4)c3cc21.[Ir]. The first-order valence-corrected chi connectivity index (χ1v) is 20.1. The summed E-state index contributed by atoms with van der Waals surface area (Å²) in [6.45, 7) is 4.68. The summed E-state index contributed by atoms with van der Waals surface area (Å²) in [5.74, 6) is 0.652. The van der Waals surface area contributed by atoms with E-state index in [-0.39, 0.29) is 25.5 Å². The molecule has 0 amide bonds. The van der Waals surface area contributed by atoms with Gasteiger partial charge < -0.3 is 4.98 Å². The number of aromatic nitrogens is 4. The molecule has 279 valence electrons. The van der Waals surface area contributed by atoms with E-state index in [2.05, 4.69) is 163 Å². The maximum Gasteiger partial charge on any atom is 0.235 e. The topological polar surface area (TPSA) is 43.6 Å². The molecular weight excluding hydrogens is 905 g/mol. The number of fused-ring (bicyclic) bond motifs is 6. The van der Waals surface area contributed by atoms with Crippen LogP contribution in [0.2, 0.25) is 0 Å². The van der Waals surface area contributed by atoms with Gasteiger partial charge in [0.1, 0.15) is 0 Å². The predicted octanol–water partition coefficient (Wildman–Crippen LogP) is 13.5. The quantitative estimate of drug-likeness (QED) is 0.156. The van der Waals surface area contributed by atoms with E-state index in [9.17, 15) is 0 Å². The van der Waals surface area contributed by atoms with Crippen LogP contribution >= 0.6 is 11.3 Å². The van der Waals surface area contributed by atoms with Crippen molar-refractivity contribution in [3.8, 4) is 71.7 Å². The van der Waals surface area contributed by atoms with Gasteiger partial charge in [-0.05, 0) is 82.0 Å². The Kier molecular flexibility index (Phi) is 8.87. The second-order valence-electron chi connectivity index (χ2n) is 15.2. The predicted molar refractivity (Wildman–Crippen MR) is 236 cm³/mol. The van der Waals surface area contributed by atoms with Gasteiger partial charge in [-0.25, -0.2) is 9.97 Å². The third kappa shape index (κ3) is 5.95. The van der Waals surface area contributed by atoms with Crippen molar-refractivity contribution in [2.75, 3.05) is 0 Å². The van der Waals surface area contributed by atoms with Gasteiger partial charge in [-0.3, -0.25) is 4.57 Å². The summed E-state index contributed by atoms with van der Waals surface area (Å²) in [5.41, 5.74) is 15.4. The second-order valence-corrected chi connectivity index (χ2v) is 16.3. The van der Waals surface area contributed by atoms with Crippen LogP contribution in [0.25, 0.3) is 93.5 Å². The third-order valence-electron chi connectivity index (χ3n) is 11.4.